The van der Waals surface area contributed by atoms with Gasteiger partial charge in [0.2, 0.25) is 0 Å². The molecule has 5 heteroatoms. The van der Waals surface area contributed by atoms with Gasteiger partial charge in [-0.25, -0.2) is 0 Å². The number of carbonyl (C=O) groups is 2. The fourth-order valence-electron chi connectivity index (χ4n) is 2.06. The molecule has 0 bridgehead atoms. The molecule has 0 aliphatic heterocycles. The zero-order chi connectivity index (χ0) is 16.8. The number of amides is 2. The van der Waals surface area contributed by atoms with E-state index < -0.39 is 11.8 Å². The third-order valence-electron chi connectivity index (χ3n) is 3.23. The van der Waals surface area contributed by atoms with Crippen LogP contribution < -0.4 is 10.1 Å². The van der Waals surface area contributed by atoms with Crippen LogP contribution in [0, 0.1) is 6.92 Å². The lowest BCUT2D eigenvalue weighted by Gasteiger charge is -2.05. The first-order valence-corrected chi connectivity index (χ1v) is 6.97. The van der Waals surface area contributed by atoms with Crippen LogP contribution >= 0.6 is 0 Å². The first kappa shape index (κ1) is 16.3. The summed E-state index contributed by atoms with van der Waals surface area (Å²) in [7, 11) is 1.59. The van der Waals surface area contributed by atoms with Gasteiger partial charge in [0.1, 0.15) is 11.5 Å². The highest BCUT2D eigenvalue weighted by molar-refractivity contribution is 6.10. The molecule has 118 valence electrons. The Hall–Kier alpha value is -3.08. The van der Waals surface area contributed by atoms with Crippen LogP contribution in [0.4, 0.5) is 0 Å². The molecule has 0 atom stereocenters. The van der Waals surface area contributed by atoms with Crippen molar-refractivity contribution in [1.29, 1.82) is 0 Å². The van der Waals surface area contributed by atoms with Gasteiger partial charge in [-0.1, -0.05) is 18.2 Å². The molecule has 2 amide bonds. The van der Waals surface area contributed by atoms with Gasteiger partial charge in [-0.2, -0.15) is 0 Å². The zero-order valence-electron chi connectivity index (χ0n) is 12.9. The fraction of sp³-hybridized carbons (Fsp3) is 0.111. The monoisotopic (exact) mass is 311 g/mol. The second-order valence-electron chi connectivity index (χ2n) is 4.90. The maximum atomic E-state index is 11.9. The molecule has 0 aliphatic rings. The molecule has 0 fully saturated rings. The summed E-state index contributed by atoms with van der Waals surface area (Å²) in [5, 5.41) is 11.8. The molecule has 0 heterocycles. The standard InChI is InChI=1S/C18H17NO4/c1-12-11-13(7-9-16(12)23-2)8-10-17(21)19-18(22)14-5-3-4-6-15(14)20/h3-11,20H,1-2H3,(H,19,21,22)/b10-8+. The van der Waals surface area contributed by atoms with Gasteiger partial charge in [-0.15, -0.1) is 0 Å². The Balaban J connectivity index is 2.03. The van der Waals surface area contributed by atoms with Crippen molar-refractivity contribution in [2.45, 2.75) is 6.92 Å². The number of carbonyl (C=O) groups excluding carboxylic acids is 2. The van der Waals surface area contributed by atoms with E-state index in [0.717, 1.165) is 16.9 Å². The average molecular weight is 311 g/mol. The van der Waals surface area contributed by atoms with Crippen molar-refractivity contribution in [2.75, 3.05) is 7.11 Å². The van der Waals surface area contributed by atoms with Crippen molar-refractivity contribution < 1.29 is 19.4 Å². The van der Waals surface area contributed by atoms with E-state index in [0.29, 0.717) is 0 Å². The molecule has 5 nitrogen and oxygen atoms in total. The summed E-state index contributed by atoms with van der Waals surface area (Å²) >= 11 is 0. The number of phenolic OH excluding ortho intramolecular Hbond substituents is 1. The summed E-state index contributed by atoms with van der Waals surface area (Å²) in [6.45, 7) is 1.90. The number of phenols is 1. The predicted octanol–water partition coefficient (Wildman–Crippen LogP) is 2.68. The van der Waals surface area contributed by atoms with E-state index in [-0.39, 0.29) is 11.3 Å². The molecule has 2 N–H and O–H groups in total. The third-order valence-corrected chi connectivity index (χ3v) is 3.23. The number of methoxy groups -OCH3 is 1. The van der Waals surface area contributed by atoms with Crippen LogP contribution in [0.1, 0.15) is 21.5 Å². The smallest absolute Gasteiger partial charge is 0.261 e. The highest BCUT2D eigenvalue weighted by Gasteiger charge is 2.11. The summed E-state index contributed by atoms with van der Waals surface area (Å²) in [6, 6.07) is 11.5. The van der Waals surface area contributed by atoms with E-state index in [1.54, 1.807) is 37.5 Å². The Bertz CT molecular complexity index is 765. The lowest BCUT2D eigenvalue weighted by Crippen LogP contribution is -2.28. The topological polar surface area (TPSA) is 75.6 Å². The summed E-state index contributed by atoms with van der Waals surface area (Å²) < 4.78 is 5.17. The summed E-state index contributed by atoms with van der Waals surface area (Å²) in [5.74, 6) is -0.621. The zero-order valence-corrected chi connectivity index (χ0v) is 12.9. The molecule has 0 spiro atoms. The predicted molar refractivity (Wildman–Crippen MR) is 87.3 cm³/mol. The molecule has 0 radical (unpaired) electrons. The number of hydrogen-bond donors (Lipinski definition) is 2. The molecule has 0 aromatic heterocycles. The number of hydrogen-bond acceptors (Lipinski definition) is 4. The van der Waals surface area contributed by atoms with E-state index in [2.05, 4.69) is 5.32 Å². The third kappa shape index (κ3) is 4.20. The van der Waals surface area contributed by atoms with Crippen LogP contribution in [0.25, 0.3) is 6.08 Å². The number of aromatic hydroxyl groups is 1. The number of ether oxygens (including phenoxy) is 1. The van der Waals surface area contributed by atoms with E-state index in [4.69, 9.17) is 4.74 Å². The number of benzene rings is 2. The summed E-state index contributed by atoms with van der Waals surface area (Å²) in [6.07, 6.45) is 2.86. The summed E-state index contributed by atoms with van der Waals surface area (Å²) in [4.78, 5) is 23.7. The number of imide groups is 1. The van der Waals surface area contributed by atoms with Crippen LogP contribution in [0.3, 0.4) is 0 Å². The van der Waals surface area contributed by atoms with E-state index in [1.807, 2.05) is 13.0 Å². The first-order chi connectivity index (χ1) is 11.0. The molecular formula is C18H17NO4. The summed E-state index contributed by atoms with van der Waals surface area (Å²) in [5.41, 5.74) is 1.81. The van der Waals surface area contributed by atoms with Gasteiger partial charge >= 0.3 is 0 Å². The van der Waals surface area contributed by atoms with Gasteiger partial charge in [-0.3, -0.25) is 14.9 Å². The number of nitrogens with one attached hydrogen (secondary N) is 1. The molecule has 0 saturated carbocycles. The van der Waals surface area contributed by atoms with Crippen molar-refractivity contribution in [3.8, 4) is 11.5 Å². The lowest BCUT2D eigenvalue weighted by molar-refractivity contribution is -0.115. The Morgan fingerprint density at radius 1 is 1.17 bits per heavy atom. The normalized spacial score (nSPS) is 10.5. The highest BCUT2D eigenvalue weighted by Crippen LogP contribution is 2.19. The Kier molecular flexibility index (Phi) is 5.15. The van der Waals surface area contributed by atoms with E-state index in [9.17, 15) is 14.7 Å². The molecule has 2 rings (SSSR count). The quantitative estimate of drug-likeness (QED) is 0.851. The minimum Gasteiger partial charge on any atom is -0.507 e. The van der Waals surface area contributed by atoms with Crippen molar-refractivity contribution in [2.24, 2.45) is 0 Å². The van der Waals surface area contributed by atoms with Gasteiger partial charge in [0.15, 0.2) is 0 Å². The van der Waals surface area contributed by atoms with Crippen molar-refractivity contribution in [1.82, 2.24) is 5.32 Å². The number of aryl methyl sites for hydroxylation is 1. The SMILES string of the molecule is COc1ccc(/C=C/C(=O)NC(=O)c2ccccc2O)cc1C. The fourth-order valence-corrected chi connectivity index (χ4v) is 2.06. The molecule has 0 aliphatic carbocycles. The van der Waals surface area contributed by atoms with Crippen molar-refractivity contribution in [3.05, 3.63) is 65.2 Å². The van der Waals surface area contributed by atoms with Crippen molar-refractivity contribution in [3.63, 3.8) is 0 Å². The van der Waals surface area contributed by atoms with Crippen LogP contribution in [0.5, 0.6) is 11.5 Å². The van der Waals surface area contributed by atoms with Gasteiger partial charge in [0.05, 0.1) is 12.7 Å². The van der Waals surface area contributed by atoms with Gasteiger partial charge in [0.25, 0.3) is 11.8 Å². The Labute approximate surface area is 134 Å². The van der Waals surface area contributed by atoms with Crippen LogP contribution in [-0.4, -0.2) is 24.0 Å². The molecule has 0 unspecified atom stereocenters. The van der Waals surface area contributed by atoms with Crippen LogP contribution in [-0.2, 0) is 4.79 Å². The first-order valence-electron chi connectivity index (χ1n) is 6.97. The largest absolute Gasteiger partial charge is 0.507 e. The molecular weight excluding hydrogens is 294 g/mol. The van der Waals surface area contributed by atoms with Gasteiger partial charge in [-0.05, 0) is 48.4 Å². The van der Waals surface area contributed by atoms with E-state index in [1.165, 1.54) is 18.2 Å². The maximum absolute atomic E-state index is 11.9. The van der Waals surface area contributed by atoms with Gasteiger partial charge in [0, 0.05) is 6.08 Å². The Morgan fingerprint density at radius 2 is 1.91 bits per heavy atom. The Morgan fingerprint density at radius 3 is 2.57 bits per heavy atom. The van der Waals surface area contributed by atoms with Gasteiger partial charge < -0.3 is 9.84 Å². The highest BCUT2D eigenvalue weighted by atomic mass is 16.5. The van der Waals surface area contributed by atoms with Crippen molar-refractivity contribution >= 4 is 17.9 Å². The second-order valence-corrected chi connectivity index (χ2v) is 4.90. The van der Waals surface area contributed by atoms with Crippen LogP contribution in [0.15, 0.2) is 48.5 Å². The van der Waals surface area contributed by atoms with E-state index >= 15 is 0 Å². The maximum Gasteiger partial charge on any atom is 0.261 e. The molecule has 2 aromatic rings. The molecule has 2 aromatic carbocycles. The van der Waals surface area contributed by atoms with Crippen LogP contribution in [0.2, 0.25) is 0 Å². The number of rotatable bonds is 4. The minimum atomic E-state index is -0.649. The number of para-hydroxylation sites is 1. The molecule has 0 saturated heterocycles. The molecule has 23 heavy (non-hydrogen) atoms. The average Bonchev–Trinajstić information content (AvgIpc) is 2.53. The lowest BCUT2D eigenvalue weighted by atomic mass is 10.1. The second kappa shape index (κ2) is 7.26. The minimum absolute atomic E-state index is 0.0505.